The lowest BCUT2D eigenvalue weighted by molar-refractivity contribution is -0.121. The summed E-state index contributed by atoms with van der Waals surface area (Å²) >= 11 is 0. The van der Waals surface area contributed by atoms with Gasteiger partial charge in [-0.25, -0.2) is 0 Å². The van der Waals surface area contributed by atoms with E-state index in [9.17, 15) is 4.79 Å². The predicted molar refractivity (Wildman–Crippen MR) is 49.4 cm³/mol. The molecule has 1 aromatic heterocycles. The molecule has 1 atom stereocenters. The summed E-state index contributed by atoms with van der Waals surface area (Å²) < 4.78 is 1.76. The Bertz CT molecular complexity index is 342. The zero-order chi connectivity index (χ0) is 9.47. The minimum absolute atomic E-state index is 0.256. The second kappa shape index (κ2) is 2.69. The van der Waals surface area contributed by atoms with Gasteiger partial charge in [-0.1, -0.05) is 0 Å². The maximum atomic E-state index is 11.7. The highest BCUT2D eigenvalue weighted by molar-refractivity contribution is 5.91. The molecule has 0 amide bonds. The predicted octanol–water partition coefficient (Wildman–Crippen LogP) is 1.43. The van der Waals surface area contributed by atoms with Crippen molar-refractivity contribution < 1.29 is 4.79 Å². The second-order valence-electron chi connectivity index (χ2n) is 4.01. The SMILES string of the molecule is Cn1cc(C2(C)CCCC2=O)cn1. The van der Waals surface area contributed by atoms with Crippen LogP contribution in [-0.4, -0.2) is 15.6 Å². The van der Waals surface area contributed by atoms with Gasteiger partial charge in [-0.2, -0.15) is 5.10 Å². The van der Waals surface area contributed by atoms with Gasteiger partial charge < -0.3 is 0 Å². The van der Waals surface area contributed by atoms with Crippen LogP contribution in [0.15, 0.2) is 12.4 Å². The molecule has 0 aromatic carbocycles. The van der Waals surface area contributed by atoms with Gasteiger partial charge in [0.05, 0.1) is 11.6 Å². The molecule has 3 nitrogen and oxygen atoms in total. The second-order valence-corrected chi connectivity index (χ2v) is 4.01. The van der Waals surface area contributed by atoms with Crippen molar-refractivity contribution in [1.82, 2.24) is 9.78 Å². The van der Waals surface area contributed by atoms with Crippen LogP contribution >= 0.6 is 0 Å². The van der Waals surface area contributed by atoms with E-state index in [0.717, 1.165) is 24.8 Å². The number of ketones is 1. The number of carbonyl (C=O) groups excluding carboxylic acids is 1. The highest BCUT2D eigenvalue weighted by Crippen LogP contribution is 2.37. The molecule has 0 saturated heterocycles. The number of carbonyl (C=O) groups is 1. The highest BCUT2D eigenvalue weighted by Gasteiger charge is 2.39. The van der Waals surface area contributed by atoms with Gasteiger partial charge in [-0.05, 0) is 19.8 Å². The monoisotopic (exact) mass is 178 g/mol. The Labute approximate surface area is 77.7 Å². The van der Waals surface area contributed by atoms with Gasteiger partial charge in [0, 0.05) is 25.2 Å². The first-order valence-electron chi connectivity index (χ1n) is 4.65. The number of aryl methyl sites for hydroxylation is 1. The van der Waals surface area contributed by atoms with Crippen LogP contribution < -0.4 is 0 Å². The Morgan fingerprint density at radius 1 is 1.62 bits per heavy atom. The number of rotatable bonds is 1. The normalized spacial score (nSPS) is 28.3. The van der Waals surface area contributed by atoms with Gasteiger partial charge in [0.25, 0.3) is 0 Å². The first-order valence-corrected chi connectivity index (χ1v) is 4.65. The van der Waals surface area contributed by atoms with Crippen LogP contribution in [0, 0.1) is 0 Å². The van der Waals surface area contributed by atoms with Crippen molar-refractivity contribution in [2.45, 2.75) is 31.6 Å². The summed E-state index contributed by atoms with van der Waals surface area (Å²) in [7, 11) is 1.88. The van der Waals surface area contributed by atoms with Crippen LogP contribution in [0.3, 0.4) is 0 Å². The van der Waals surface area contributed by atoms with Crippen LogP contribution in [0.5, 0.6) is 0 Å². The van der Waals surface area contributed by atoms with Crippen molar-refractivity contribution in [3.05, 3.63) is 18.0 Å². The molecule has 0 bridgehead atoms. The number of aromatic nitrogens is 2. The molecule has 1 heterocycles. The minimum atomic E-state index is -0.256. The Hall–Kier alpha value is -1.12. The van der Waals surface area contributed by atoms with Gasteiger partial charge in [-0.15, -0.1) is 0 Å². The molecule has 1 aromatic rings. The fraction of sp³-hybridized carbons (Fsp3) is 0.600. The van der Waals surface area contributed by atoms with E-state index in [1.54, 1.807) is 4.68 Å². The molecule has 3 heteroatoms. The van der Waals surface area contributed by atoms with Gasteiger partial charge in [0.15, 0.2) is 0 Å². The van der Waals surface area contributed by atoms with E-state index in [2.05, 4.69) is 5.10 Å². The number of hydrogen-bond acceptors (Lipinski definition) is 2. The highest BCUT2D eigenvalue weighted by atomic mass is 16.1. The Morgan fingerprint density at radius 2 is 2.38 bits per heavy atom. The number of nitrogens with zero attached hydrogens (tertiary/aromatic N) is 2. The zero-order valence-corrected chi connectivity index (χ0v) is 8.08. The van der Waals surface area contributed by atoms with Gasteiger partial charge in [0.2, 0.25) is 0 Å². The maximum absolute atomic E-state index is 11.7. The van der Waals surface area contributed by atoms with E-state index in [1.165, 1.54) is 0 Å². The standard InChI is InChI=1S/C10H14N2O/c1-10(5-3-4-9(10)13)8-6-11-12(2)7-8/h6-7H,3-5H2,1-2H3. The summed E-state index contributed by atoms with van der Waals surface area (Å²) in [4.78, 5) is 11.7. The fourth-order valence-corrected chi connectivity index (χ4v) is 2.03. The summed E-state index contributed by atoms with van der Waals surface area (Å²) in [5, 5.41) is 4.11. The number of Topliss-reactive ketones (excluding diaryl/α,β-unsaturated/α-hetero) is 1. The zero-order valence-electron chi connectivity index (χ0n) is 8.08. The Balaban J connectivity index is 2.39. The smallest absolute Gasteiger partial charge is 0.143 e. The topological polar surface area (TPSA) is 34.9 Å². The molecule has 2 rings (SSSR count). The summed E-state index contributed by atoms with van der Waals surface area (Å²) in [5.41, 5.74) is 0.811. The van der Waals surface area contributed by atoms with Crippen molar-refractivity contribution in [2.24, 2.45) is 7.05 Å². The van der Waals surface area contributed by atoms with E-state index < -0.39 is 0 Å². The quantitative estimate of drug-likeness (QED) is 0.652. The van der Waals surface area contributed by atoms with Crippen LogP contribution in [-0.2, 0) is 17.3 Å². The molecule has 1 fully saturated rings. The van der Waals surface area contributed by atoms with Crippen molar-refractivity contribution in [3.63, 3.8) is 0 Å². The minimum Gasteiger partial charge on any atom is -0.299 e. The molecule has 70 valence electrons. The lowest BCUT2D eigenvalue weighted by Crippen LogP contribution is -2.26. The third-order valence-electron chi connectivity index (χ3n) is 3.04. The van der Waals surface area contributed by atoms with E-state index in [4.69, 9.17) is 0 Å². The summed E-state index contributed by atoms with van der Waals surface area (Å²) in [6.07, 6.45) is 6.47. The lowest BCUT2D eigenvalue weighted by Gasteiger charge is -2.19. The van der Waals surface area contributed by atoms with E-state index in [1.807, 2.05) is 26.4 Å². The average Bonchev–Trinajstić information content (AvgIpc) is 2.62. The molecule has 0 spiro atoms. The van der Waals surface area contributed by atoms with Crippen molar-refractivity contribution in [3.8, 4) is 0 Å². The number of hydrogen-bond donors (Lipinski definition) is 0. The lowest BCUT2D eigenvalue weighted by atomic mass is 9.82. The third-order valence-corrected chi connectivity index (χ3v) is 3.04. The van der Waals surface area contributed by atoms with Gasteiger partial charge in [0.1, 0.15) is 5.78 Å². The van der Waals surface area contributed by atoms with Crippen LogP contribution in [0.2, 0.25) is 0 Å². The maximum Gasteiger partial charge on any atom is 0.143 e. The van der Waals surface area contributed by atoms with Crippen molar-refractivity contribution >= 4 is 5.78 Å². The van der Waals surface area contributed by atoms with Crippen molar-refractivity contribution in [2.75, 3.05) is 0 Å². The molecule has 0 aliphatic heterocycles. The summed E-state index contributed by atoms with van der Waals surface area (Å²) in [6, 6.07) is 0. The molecular weight excluding hydrogens is 164 g/mol. The molecule has 1 aliphatic carbocycles. The molecule has 0 radical (unpaired) electrons. The van der Waals surface area contributed by atoms with Crippen LogP contribution in [0.4, 0.5) is 0 Å². The van der Waals surface area contributed by atoms with Gasteiger partial charge in [-0.3, -0.25) is 9.48 Å². The molecule has 0 N–H and O–H groups in total. The first kappa shape index (κ1) is 8.48. The molecule has 1 aliphatic rings. The van der Waals surface area contributed by atoms with E-state index in [0.29, 0.717) is 5.78 Å². The van der Waals surface area contributed by atoms with Crippen LogP contribution in [0.1, 0.15) is 31.7 Å². The molecule has 1 unspecified atom stereocenters. The largest absolute Gasteiger partial charge is 0.299 e. The van der Waals surface area contributed by atoms with E-state index >= 15 is 0 Å². The fourth-order valence-electron chi connectivity index (χ4n) is 2.03. The Kier molecular flexibility index (Phi) is 1.75. The molecule has 13 heavy (non-hydrogen) atoms. The van der Waals surface area contributed by atoms with Crippen LogP contribution in [0.25, 0.3) is 0 Å². The van der Waals surface area contributed by atoms with Crippen molar-refractivity contribution in [1.29, 1.82) is 0 Å². The average molecular weight is 178 g/mol. The molecular formula is C10H14N2O. The third kappa shape index (κ3) is 1.19. The summed E-state index contributed by atoms with van der Waals surface area (Å²) in [6.45, 7) is 2.03. The summed E-state index contributed by atoms with van der Waals surface area (Å²) in [5.74, 6) is 0.362. The van der Waals surface area contributed by atoms with Gasteiger partial charge >= 0.3 is 0 Å². The molecule has 1 saturated carbocycles. The first-order chi connectivity index (χ1) is 6.13. The Morgan fingerprint density at radius 3 is 2.85 bits per heavy atom. The van der Waals surface area contributed by atoms with E-state index in [-0.39, 0.29) is 5.41 Å².